The number of hydrogen-bond donors (Lipinski definition) is 0. The maximum atomic E-state index is 7.30. The number of aromatic nitrogens is 4. The molecule has 7 aromatic heterocycles. The Bertz CT molecular complexity index is 8120. The lowest BCUT2D eigenvalue weighted by Crippen LogP contribution is -2.10. The molecule has 5 nitrogen and oxygen atoms in total. The summed E-state index contributed by atoms with van der Waals surface area (Å²) >= 11 is 0. The van der Waals surface area contributed by atoms with E-state index in [2.05, 4.69) is 383 Å². The van der Waals surface area contributed by atoms with Crippen LogP contribution in [0.1, 0.15) is 26.3 Å². The van der Waals surface area contributed by atoms with Crippen molar-refractivity contribution >= 4 is 206 Å². The van der Waals surface area contributed by atoms with Gasteiger partial charge in [-0.05, 0) is 219 Å². The van der Waals surface area contributed by atoms with Gasteiger partial charge >= 0.3 is 0 Å². The predicted octanol–water partition coefficient (Wildman–Crippen LogP) is 29.7. The van der Waals surface area contributed by atoms with E-state index >= 15 is 0 Å². The smallest absolute Gasteiger partial charge is 0.187 e. The van der Waals surface area contributed by atoms with Crippen LogP contribution in [0.25, 0.3) is 234 Å². The first-order valence-corrected chi connectivity index (χ1v) is 38.8. The third kappa shape index (κ3) is 9.12. The minimum Gasteiger partial charge on any atom is -0.309 e. The lowest BCUT2D eigenvalue weighted by atomic mass is 9.86. The molecule has 7 heterocycles. The fourth-order valence-corrected chi connectivity index (χ4v) is 19.3. The van der Waals surface area contributed by atoms with Crippen molar-refractivity contribution in [3.8, 4) is 27.9 Å². The number of nitrogens with zero attached hydrogens (tertiary/aromatic N) is 5. The van der Waals surface area contributed by atoms with Crippen LogP contribution in [0.4, 0.5) is 5.69 Å². The van der Waals surface area contributed by atoms with Gasteiger partial charge in [-0.3, -0.25) is 0 Å². The van der Waals surface area contributed by atoms with E-state index in [-0.39, 0.29) is 5.41 Å². The van der Waals surface area contributed by atoms with Gasteiger partial charge in [-0.1, -0.05) is 251 Å². The zero-order valence-corrected chi connectivity index (χ0v) is 61.7. The number of hydrogen-bond acceptors (Lipinski definition) is 0. The van der Waals surface area contributed by atoms with Crippen molar-refractivity contribution in [1.82, 2.24) is 17.8 Å². The highest BCUT2D eigenvalue weighted by Gasteiger charge is 2.26. The van der Waals surface area contributed by atoms with Crippen molar-refractivity contribution < 1.29 is 0 Å². The van der Waals surface area contributed by atoms with E-state index in [1.165, 1.54) is 229 Å². The molecular formula is C107H67N5. The number of fused-ring (bicyclic) bond motifs is 27. The number of rotatable bonds is 3. The maximum Gasteiger partial charge on any atom is 0.187 e. The van der Waals surface area contributed by atoms with Gasteiger partial charge in [0.05, 0.1) is 67.3 Å². The summed E-state index contributed by atoms with van der Waals surface area (Å²) in [5.74, 6) is 0. The molecule has 0 saturated carbocycles. The Morgan fingerprint density at radius 3 is 0.723 bits per heavy atom. The summed E-state index contributed by atoms with van der Waals surface area (Å²) in [5.41, 5.74) is 22.2. The largest absolute Gasteiger partial charge is 0.309 e. The molecule has 0 aliphatic heterocycles. The first-order chi connectivity index (χ1) is 55.1. The lowest BCUT2D eigenvalue weighted by Gasteiger charge is -2.19. The summed E-state index contributed by atoms with van der Waals surface area (Å²) in [6.45, 7) is 14.1. The van der Waals surface area contributed by atoms with Crippen LogP contribution in [0.5, 0.6) is 0 Å². The van der Waals surface area contributed by atoms with E-state index in [9.17, 15) is 0 Å². The Morgan fingerprint density at radius 1 is 0.214 bits per heavy atom. The highest BCUT2D eigenvalue weighted by atomic mass is 15.0. The zero-order valence-electron chi connectivity index (χ0n) is 61.7. The van der Waals surface area contributed by atoms with E-state index in [0.717, 1.165) is 5.56 Å². The van der Waals surface area contributed by atoms with Gasteiger partial charge in [0.25, 0.3) is 0 Å². The Hall–Kier alpha value is -14.6. The van der Waals surface area contributed by atoms with Gasteiger partial charge in [0.15, 0.2) is 5.69 Å². The fraction of sp³-hybridized carbons (Fsp3) is 0.0374. The second-order valence-corrected chi connectivity index (χ2v) is 31.9. The van der Waals surface area contributed by atoms with Crippen LogP contribution in [0.3, 0.4) is 0 Å². The van der Waals surface area contributed by atoms with Crippen LogP contribution < -0.4 is 0 Å². The zero-order chi connectivity index (χ0) is 73.9. The highest BCUT2D eigenvalue weighted by Crippen LogP contribution is 2.49. The van der Waals surface area contributed by atoms with Gasteiger partial charge in [0.1, 0.15) is 0 Å². The van der Waals surface area contributed by atoms with E-state index in [0.29, 0.717) is 5.69 Å². The number of benzene rings is 19. The normalized spacial score (nSPS) is 12.4. The summed E-state index contributed by atoms with van der Waals surface area (Å²) < 4.78 is 9.91. The van der Waals surface area contributed by atoms with Crippen LogP contribution in [0.15, 0.2) is 352 Å². The van der Waals surface area contributed by atoms with Crippen molar-refractivity contribution in [2.45, 2.75) is 26.2 Å². The summed E-state index contributed by atoms with van der Waals surface area (Å²) in [4.78, 5) is 3.56. The van der Waals surface area contributed by atoms with E-state index in [1.807, 2.05) is 12.1 Å². The summed E-state index contributed by atoms with van der Waals surface area (Å²) in [7, 11) is 0. The third-order valence-electron chi connectivity index (χ3n) is 24.6. The van der Waals surface area contributed by atoms with Crippen LogP contribution in [0.2, 0.25) is 0 Å². The molecule has 19 aromatic carbocycles. The van der Waals surface area contributed by atoms with Crippen molar-refractivity contribution in [3.05, 3.63) is 369 Å². The van der Waals surface area contributed by atoms with E-state index in [1.54, 1.807) is 0 Å². The van der Waals surface area contributed by atoms with Gasteiger partial charge in [-0.15, -0.1) is 0 Å². The molecule has 26 aromatic rings. The summed E-state index contributed by atoms with van der Waals surface area (Å²) in [5, 5.41) is 33.4. The Balaban J connectivity index is 0.0000000979. The monoisotopic (exact) mass is 1420 g/mol. The van der Waals surface area contributed by atoms with Crippen LogP contribution in [0, 0.1) is 6.57 Å². The molecule has 26 rings (SSSR count). The lowest BCUT2D eigenvalue weighted by molar-refractivity contribution is 0.590. The molecule has 0 unspecified atom stereocenters. The average Bonchev–Trinajstić information content (AvgIpc) is 1.54. The van der Waals surface area contributed by atoms with Crippen LogP contribution >= 0.6 is 0 Å². The molecule has 0 aliphatic carbocycles. The van der Waals surface area contributed by atoms with Gasteiger partial charge in [-0.25, -0.2) is 4.85 Å². The number of para-hydroxylation sites is 2. The minimum atomic E-state index is 0.144. The Morgan fingerprint density at radius 2 is 0.455 bits per heavy atom. The first kappa shape index (κ1) is 62.5. The second kappa shape index (κ2) is 23.2. The molecule has 0 amide bonds. The molecule has 0 fully saturated rings. The predicted molar refractivity (Wildman–Crippen MR) is 479 cm³/mol. The molecule has 0 saturated heterocycles. The molecule has 0 aliphatic rings. The first-order valence-electron chi connectivity index (χ1n) is 38.8. The second-order valence-electron chi connectivity index (χ2n) is 31.9. The molecule has 0 atom stereocenters. The molecule has 520 valence electrons. The van der Waals surface area contributed by atoms with Gasteiger partial charge in [0, 0.05) is 81.1 Å². The summed E-state index contributed by atoms with van der Waals surface area (Å²) in [6, 6.07) is 129. The summed E-state index contributed by atoms with van der Waals surface area (Å²) in [6.07, 6.45) is 0. The standard InChI is InChI=1S/C38H22N2.C36H27N.C33H18N2/c1-3-11-25-19-36-30(17-23(25)9-1)32-21-27(39-34-15-7-5-13-28(34)29-14-6-8-16-35(29)39)22-33-31-18-24-10-2-4-12-26(24)20-37(31)40(36)38(32)33;1-36(2,3)28-14-12-22(13-15-28)27-18-31-29-16-23-8-4-6-10-25(23)20-33(29)37-34-21-26-11-7-5-9-24(26)17-30(34)32(19-27)35(31)37;1-34-26-12-10-20(11-13-26)25-16-29-27-14-21-6-2-4-8-23(21)18-31(27)35-32-19-24-9-5-3-7-22(24)15-28(32)30(17-25)33(29)35/h1-22H;4-21H,1-3H3;2-19H. The van der Waals surface area contributed by atoms with Crippen LogP contribution in [-0.4, -0.2) is 17.8 Å². The average molecular weight is 1420 g/mol. The SMILES string of the molecule is CC(C)(C)c1ccc(-c2cc3c4cc5ccccc5cc4n4c5cc6ccccc6cc5c(c2)c34)cc1.[C-]#[N+]c1ccc(-c2cc3c4cc5ccccc5cc4n4c5cc6ccccc6cc5c(c2)c34)cc1.c1ccc2cc3c(cc2c1)c1cc(-n2c4ccccc4c4ccccc42)cc2c4cc5ccccc5cc4n3c12. The van der Waals surface area contributed by atoms with E-state index in [4.69, 9.17) is 6.57 Å². The van der Waals surface area contributed by atoms with Crippen molar-refractivity contribution in [3.63, 3.8) is 0 Å². The molecule has 112 heavy (non-hydrogen) atoms. The molecule has 0 bridgehead atoms. The van der Waals surface area contributed by atoms with Gasteiger partial charge in [0.2, 0.25) is 0 Å². The molecule has 0 N–H and O–H groups in total. The van der Waals surface area contributed by atoms with Crippen LogP contribution in [-0.2, 0) is 5.41 Å². The maximum absolute atomic E-state index is 7.30. The van der Waals surface area contributed by atoms with Crippen molar-refractivity contribution in [2.75, 3.05) is 0 Å². The Kier molecular flexibility index (Phi) is 13.0. The topological polar surface area (TPSA) is 22.5 Å². The van der Waals surface area contributed by atoms with Crippen molar-refractivity contribution in [2.24, 2.45) is 0 Å². The molecule has 0 spiro atoms. The van der Waals surface area contributed by atoms with Gasteiger partial charge in [-0.2, -0.15) is 0 Å². The minimum absolute atomic E-state index is 0.144. The molecule has 5 heteroatoms. The third-order valence-corrected chi connectivity index (χ3v) is 24.6. The van der Waals surface area contributed by atoms with Crippen molar-refractivity contribution in [1.29, 1.82) is 0 Å². The highest BCUT2D eigenvalue weighted by molar-refractivity contribution is 6.30. The molecular weight excluding hydrogens is 1360 g/mol. The molecule has 0 radical (unpaired) electrons. The van der Waals surface area contributed by atoms with Gasteiger partial charge < -0.3 is 17.8 Å². The van der Waals surface area contributed by atoms with E-state index < -0.39 is 0 Å². The fourth-order valence-electron chi connectivity index (χ4n) is 19.3. The Labute approximate surface area is 642 Å². The quantitative estimate of drug-likeness (QED) is 0.157.